The Morgan fingerprint density at radius 2 is 1.76 bits per heavy atom. The van der Waals surface area contributed by atoms with Gasteiger partial charge in [-0.25, -0.2) is 0 Å². The fourth-order valence-corrected chi connectivity index (χ4v) is 2.97. The number of nitrogens with one attached hydrogen (secondary N) is 2. The van der Waals surface area contributed by atoms with Crippen LogP contribution in [0.5, 0.6) is 17.2 Å². The molecule has 8 nitrogen and oxygen atoms in total. The first-order chi connectivity index (χ1) is 13.9. The van der Waals surface area contributed by atoms with Gasteiger partial charge in [-0.2, -0.15) is 0 Å². The Bertz CT molecular complexity index is 869. The van der Waals surface area contributed by atoms with Gasteiger partial charge in [0.2, 0.25) is 18.6 Å². The number of benzene rings is 2. The maximum Gasteiger partial charge on any atom is 0.238 e. The molecule has 1 aliphatic heterocycles. The van der Waals surface area contributed by atoms with E-state index in [-0.39, 0.29) is 37.7 Å². The van der Waals surface area contributed by atoms with E-state index in [9.17, 15) is 9.59 Å². The highest BCUT2D eigenvalue weighted by molar-refractivity contribution is 5.92. The number of anilines is 1. The Morgan fingerprint density at radius 3 is 2.48 bits per heavy atom. The number of amides is 2. The number of hydrogen-bond acceptors (Lipinski definition) is 6. The van der Waals surface area contributed by atoms with Crippen molar-refractivity contribution in [2.45, 2.75) is 13.0 Å². The summed E-state index contributed by atoms with van der Waals surface area (Å²) in [6, 6.07) is 12.4. The molecule has 2 N–H and O–H groups in total. The zero-order valence-electron chi connectivity index (χ0n) is 16.7. The average Bonchev–Trinajstić information content (AvgIpc) is 3.15. The zero-order valence-corrected chi connectivity index (χ0v) is 16.7. The van der Waals surface area contributed by atoms with E-state index >= 15 is 0 Å². The van der Waals surface area contributed by atoms with Crippen LogP contribution in [0.1, 0.15) is 18.5 Å². The lowest BCUT2D eigenvalue weighted by atomic mass is 10.1. The number of hydrogen-bond donors (Lipinski definition) is 2. The Labute approximate surface area is 169 Å². The second kappa shape index (κ2) is 9.29. The first-order valence-electron chi connectivity index (χ1n) is 9.26. The molecule has 2 amide bonds. The highest BCUT2D eigenvalue weighted by Gasteiger charge is 2.18. The third-order valence-corrected chi connectivity index (χ3v) is 4.47. The van der Waals surface area contributed by atoms with E-state index in [0.29, 0.717) is 22.9 Å². The number of ether oxygens (including phenoxy) is 3. The number of carbonyl (C=O) groups excluding carboxylic acids is 2. The van der Waals surface area contributed by atoms with Crippen molar-refractivity contribution in [2.75, 3.05) is 39.4 Å². The van der Waals surface area contributed by atoms with E-state index in [1.165, 1.54) is 0 Å². The minimum Gasteiger partial charge on any atom is -0.497 e. The van der Waals surface area contributed by atoms with Gasteiger partial charge < -0.3 is 24.8 Å². The number of likely N-dealkylation sites (N-methyl/N-ethyl adjacent to an activating group) is 1. The second-order valence-electron chi connectivity index (χ2n) is 6.85. The van der Waals surface area contributed by atoms with Gasteiger partial charge in [-0.05, 0) is 55.9 Å². The number of carbonyl (C=O) groups is 2. The Kier molecular flexibility index (Phi) is 6.56. The Morgan fingerprint density at radius 1 is 1.07 bits per heavy atom. The summed E-state index contributed by atoms with van der Waals surface area (Å²) in [6.07, 6.45) is 0. The predicted octanol–water partition coefficient (Wildman–Crippen LogP) is 2.17. The lowest BCUT2D eigenvalue weighted by Gasteiger charge is -2.19. The van der Waals surface area contributed by atoms with Crippen LogP contribution in [0.4, 0.5) is 5.69 Å². The quantitative estimate of drug-likeness (QED) is 0.707. The summed E-state index contributed by atoms with van der Waals surface area (Å²) < 4.78 is 15.8. The van der Waals surface area contributed by atoms with Gasteiger partial charge in [-0.1, -0.05) is 6.07 Å². The molecule has 0 saturated heterocycles. The van der Waals surface area contributed by atoms with Crippen LogP contribution in [0, 0.1) is 0 Å². The molecule has 1 heterocycles. The minimum absolute atomic E-state index is 0.0951. The van der Waals surface area contributed by atoms with Crippen molar-refractivity contribution in [3.63, 3.8) is 0 Å². The van der Waals surface area contributed by atoms with Crippen LogP contribution in [0.25, 0.3) is 0 Å². The molecule has 154 valence electrons. The summed E-state index contributed by atoms with van der Waals surface area (Å²) in [5.74, 6) is 1.73. The highest BCUT2D eigenvalue weighted by Crippen LogP contribution is 2.34. The molecule has 29 heavy (non-hydrogen) atoms. The standard InChI is InChI=1S/C21H25N3O5/c1-14(15-4-9-18-19(10-15)29-13-28-18)22-20(25)11-24(2)12-21(26)23-16-5-7-17(27-3)8-6-16/h4-10,14H,11-13H2,1-3H3,(H,22,25)(H,23,26)/t14-/m0/s1. The molecule has 0 bridgehead atoms. The van der Waals surface area contributed by atoms with Crippen LogP contribution in [0.2, 0.25) is 0 Å². The molecule has 0 saturated carbocycles. The van der Waals surface area contributed by atoms with E-state index in [2.05, 4.69) is 10.6 Å². The van der Waals surface area contributed by atoms with E-state index in [4.69, 9.17) is 14.2 Å². The molecule has 0 unspecified atom stereocenters. The fourth-order valence-electron chi connectivity index (χ4n) is 2.97. The molecular formula is C21H25N3O5. The molecule has 2 aromatic rings. The molecule has 0 fully saturated rings. The molecule has 8 heteroatoms. The number of rotatable bonds is 8. The Balaban J connectivity index is 1.45. The highest BCUT2D eigenvalue weighted by atomic mass is 16.7. The van der Waals surface area contributed by atoms with Crippen LogP contribution in [-0.4, -0.2) is 50.8 Å². The van der Waals surface area contributed by atoms with Crippen LogP contribution in [0.15, 0.2) is 42.5 Å². The number of fused-ring (bicyclic) bond motifs is 1. The van der Waals surface area contributed by atoms with Crippen LogP contribution < -0.4 is 24.8 Å². The summed E-state index contributed by atoms with van der Waals surface area (Å²) in [5.41, 5.74) is 1.59. The van der Waals surface area contributed by atoms with Gasteiger partial charge in [-0.15, -0.1) is 0 Å². The first kappa shape index (κ1) is 20.5. The van der Waals surface area contributed by atoms with Crippen LogP contribution in [0.3, 0.4) is 0 Å². The van der Waals surface area contributed by atoms with Crippen molar-refractivity contribution in [2.24, 2.45) is 0 Å². The molecule has 3 rings (SSSR count). The molecule has 2 aromatic carbocycles. The van der Waals surface area contributed by atoms with E-state index < -0.39 is 0 Å². The molecule has 0 aromatic heterocycles. The summed E-state index contributed by atoms with van der Waals surface area (Å²) >= 11 is 0. The molecule has 1 atom stereocenters. The smallest absolute Gasteiger partial charge is 0.238 e. The van der Waals surface area contributed by atoms with Crippen molar-refractivity contribution < 1.29 is 23.8 Å². The van der Waals surface area contributed by atoms with E-state index in [1.54, 1.807) is 43.3 Å². The van der Waals surface area contributed by atoms with Crippen LogP contribution >= 0.6 is 0 Å². The summed E-state index contributed by atoms with van der Waals surface area (Å²) in [6.45, 7) is 2.30. The zero-order chi connectivity index (χ0) is 20.8. The van der Waals surface area contributed by atoms with Gasteiger partial charge >= 0.3 is 0 Å². The summed E-state index contributed by atoms with van der Waals surface area (Å²) in [7, 11) is 3.30. The molecule has 0 aliphatic carbocycles. The van der Waals surface area contributed by atoms with Gasteiger partial charge in [0.05, 0.1) is 26.2 Å². The second-order valence-corrected chi connectivity index (χ2v) is 6.85. The van der Waals surface area contributed by atoms with Crippen molar-refractivity contribution in [1.29, 1.82) is 0 Å². The maximum absolute atomic E-state index is 12.3. The van der Waals surface area contributed by atoms with Gasteiger partial charge in [0.15, 0.2) is 11.5 Å². The lowest BCUT2D eigenvalue weighted by Crippen LogP contribution is -2.39. The van der Waals surface area contributed by atoms with Gasteiger partial charge in [0.1, 0.15) is 5.75 Å². The van der Waals surface area contributed by atoms with Crippen molar-refractivity contribution in [3.05, 3.63) is 48.0 Å². The molecule has 0 radical (unpaired) electrons. The van der Waals surface area contributed by atoms with Crippen molar-refractivity contribution in [3.8, 4) is 17.2 Å². The lowest BCUT2D eigenvalue weighted by molar-refractivity contribution is -0.123. The van der Waals surface area contributed by atoms with Crippen molar-refractivity contribution >= 4 is 17.5 Å². The third kappa shape index (κ3) is 5.61. The van der Waals surface area contributed by atoms with Crippen LogP contribution in [-0.2, 0) is 9.59 Å². The normalized spacial score (nSPS) is 13.1. The minimum atomic E-state index is -0.200. The Hall–Kier alpha value is -3.26. The van der Waals surface area contributed by atoms with Gasteiger partial charge in [0, 0.05) is 5.69 Å². The third-order valence-electron chi connectivity index (χ3n) is 4.47. The summed E-state index contributed by atoms with van der Waals surface area (Å²) in [4.78, 5) is 26.1. The monoisotopic (exact) mass is 399 g/mol. The number of methoxy groups -OCH3 is 1. The molecule has 0 spiro atoms. The SMILES string of the molecule is COc1ccc(NC(=O)CN(C)CC(=O)N[C@@H](C)c2ccc3c(c2)OCO3)cc1. The number of nitrogens with zero attached hydrogens (tertiary/aromatic N) is 1. The predicted molar refractivity (Wildman–Crippen MR) is 108 cm³/mol. The largest absolute Gasteiger partial charge is 0.497 e. The topological polar surface area (TPSA) is 89.1 Å². The average molecular weight is 399 g/mol. The summed E-state index contributed by atoms with van der Waals surface area (Å²) in [5, 5.41) is 5.73. The fraction of sp³-hybridized carbons (Fsp3) is 0.333. The van der Waals surface area contributed by atoms with Crippen molar-refractivity contribution in [1.82, 2.24) is 10.2 Å². The van der Waals surface area contributed by atoms with E-state index in [1.807, 2.05) is 25.1 Å². The van der Waals surface area contributed by atoms with E-state index in [0.717, 1.165) is 5.56 Å². The maximum atomic E-state index is 12.3. The molecular weight excluding hydrogens is 374 g/mol. The first-order valence-corrected chi connectivity index (χ1v) is 9.26. The van der Waals surface area contributed by atoms with Gasteiger partial charge in [0.25, 0.3) is 0 Å². The molecule has 1 aliphatic rings. The van der Waals surface area contributed by atoms with Gasteiger partial charge in [-0.3, -0.25) is 14.5 Å².